The van der Waals surface area contributed by atoms with Crippen molar-refractivity contribution in [2.75, 3.05) is 20.1 Å². The number of nitrogens with one attached hydrogen (secondary N) is 1. The molecular formula is C27H39N3O4S. The maximum Gasteiger partial charge on any atom is 0.242 e. The SMILES string of the molecule is CCCCNC(=O)[C@@H](CC)N(Cc1cccc(C)c1)C(=O)CCCN(C)S(=O)(=O)c1ccccc1. The van der Waals surface area contributed by atoms with Gasteiger partial charge in [0.2, 0.25) is 21.8 Å². The maximum atomic E-state index is 13.3. The first kappa shape index (κ1) is 28.5. The predicted octanol–water partition coefficient (Wildman–Crippen LogP) is 4.12. The zero-order chi connectivity index (χ0) is 25.8. The highest BCUT2D eigenvalue weighted by molar-refractivity contribution is 7.89. The molecule has 0 unspecified atom stereocenters. The van der Waals surface area contributed by atoms with Gasteiger partial charge in [-0.05, 0) is 43.9 Å². The number of amides is 2. The van der Waals surface area contributed by atoms with Crippen LogP contribution in [-0.2, 0) is 26.2 Å². The number of carbonyl (C=O) groups excluding carboxylic acids is 2. The summed E-state index contributed by atoms with van der Waals surface area (Å²) in [6, 6.07) is 15.6. The van der Waals surface area contributed by atoms with E-state index in [1.807, 2.05) is 38.1 Å². The molecule has 2 rings (SSSR count). The van der Waals surface area contributed by atoms with E-state index in [-0.39, 0.29) is 29.7 Å². The first-order valence-corrected chi connectivity index (χ1v) is 13.8. The third-order valence-electron chi connectivity index (χ3n) is 5.97. The molecule has 8 heteroatoms. The molecule has 0 saturated carbocycles. The van der Waals surface area contributed by atoms with E-state index in [1.165, 1.54) is 11.4 Å². The second-order valence-electron chi connectivity index (χ2n) is 8.82. The third-order valence-corrected chi connectivity index (χ3v) is 7.84. The van der Waals surface area contributed by atoms with Crippen molar-refractivity contribution >= 4 is 21.8 Å². The van der Waals surface area contributed by atoms with Gasteiger partial charge < -0.3 is 10.2 Å². The molecule has 0 aliphatic heterocycles. The Balaban J connectivity index is 2.11. The molecule has 1 N–H and O–H groups in total. The van der Waals surface area contributed by atoms with Gasteiger partial charge in [-0.3, -0.25) is 9.59 Å². The average molecular weight is 502 g/mol. The molecule has 0 aromatic heterocycles. The molecule has 35 heavy (non-hydrogen) atoms. The van der Waals surface area contributed by atoms with Crippen molar-refractivity contribution < 1.29 is 18.0 Å². The molecule has 1 atom stereocenters. The van der Waals surface area contributed by atoms with Crippen LogP contribution in [-0.4, -0.2) is 55.6 Å². The number of unbranched alkanes of at least 4 members (excludes halogenated alkanes) is 1. The van der Waals surface area contributed by atoms with Crippen molar-refractivity contribution in [2.45, 2.75) is 70.4 Å². The molecular weight excluding hydrogens is 462 g/mol. The highest BCUT2D eigenvalue weighted by Crippen LogP contribution is 2.17. The molecule has 0 spiro atoms. The van der Waals surface area contributed by atoms with Crippen molar-refractivity contribution in [1.29, 1.82) is 0 Å². The van der Waals surface area contributed by atoms with Gasteiger partial charge in [-0.1, -0.05) is 68.3 Å². The van der Waals surface area contributed by atoms with Gasteiger partial charge in [0.1, 0.15) is 6.04 Å². The molecule has 0 fully saturated rings. The van der Waals surface area contributed by atoms with Crippen molar-refractivity contribution in [3.8, 4) is 0 Å². The van der Waals surface area contributed by atoms with E-state index in [9.17, 15) is 18.0 Å². The molecule has 0 saturated heterocycles. The Labute approximate surface area is 210 Å². The standard InChI is InChI=1S/C27H39N3O4S/c1-5-7-18-28-27(32)25(6-2)30(21-23-14-11-13-22(3)20-23)26(31)17-12-19-29(4)35(33,34)24-15-9-8-10-16-24/h8-11,13-16,20,25H,5-7,12,17-19,21H2,1-4H3,(H,28,32)/t25-/m1/s1. The number of nitrogens with zero attached hydrogens (tertiary/aromatic N) is 2. The zero-order valence-corrected chi connectivity index (χ0v) is 22.2. The molecule has 0 heterocycles. The summed E-state index contributed by atoms with van der Waals surface area (Å²) in [5, 5.41) is 2.96. The number of rotatable bonds is 14. The van der Waals surface area contributed by atoms with Crippen molar-refractivity contribution in [2.24, 2.45) is 0 Å². The van der Waals surface area contributed by atoms with E-state index in [0.717, 1.165) is 24.0 Å². The number of sulfonamides is 1. The topological polar surface area (TPSA) is 86.8 Å². The minimum absolute atomic E-state index is 0.147. The Morgan fingerprint density at radius 3 is 2.34 bits per heavy atom. The first-order valence-electron chi connectivity index (χ1n) is 12.3. The molecule has 2 aromatic carbocycles. The quantitative estimate of drug-likeness (QED) is 0.395. The number of aryl methyl sites for hydroxylation is 1. The number of carbonyl (C=O) groups is 2. The minimum atomic E-state index is -3.61. The molecule has 2 amide bonds. The fourth-order valence-corrected chi connectivity index (χ4v) is 5.15. The Morgan fingerprint density at radius 2 is 1.71 bits per heavy atom. The van der Waals surface area contributed by atoms with Crippen LogP contribution in [0.1, 0.15) is 57.1 Å². The lowest BCUT2D eigenvalue weighted by molar-refractivity contribution is -0.141. The maximum absolute atomic E-state index is 13.3. The molecule has 2 aromatic rings. The van der Waals surface area contributed by atoms with E-state index >= 15 is 0 Å². The Morgan fingerprint density at radius 1 is 1.00 bits per heavy atom. The highest BCUT2D eigenvalue weighted by Gasteiger charge is 2.28. The van der Waals surface area contributed by atoms with Crippen LogP contribution in [0.25, 0.3) is 0 Å². The lowest BCUT2D eigenvalue weighted by Gasteiger charge is -2.31. The van der Waals surface area contributed by atoms with E-state index in [1.54, 1.807) is 35.2 Å². The van der Waals surface area contributed by atoms with Crippen LogP contribution < -0.4 is 5.32 Å². The molecule has 0 aliphatic carbocycles. The normalized spacial score (nSPS) is 12.4. The number of benzene rings is 2. The number of hydrogen-bond donors (Lipinski definition) is 1. The smallest absolute Gasteiger partial charge is 0.242 e. The van der Waals surface area contributed by atoms with Gasteiger partial charge in [-0.2, -0.15) is 0 Å². The fraction of sp³-hybridized carbons (Fsp3) is 0.481. The molecule has 192 valence electrons. The Kier molecular flexibility index (Phi) is 11.4. The van der Waals surface area contributed by atoms with Gasteiger partial charge in [0, 0.05) is 33.1 Å². The summed E-state index contributed by atoms with van der Waals surface area (Å²) >= 11 is 0. The van der Waals surface area contributed by atoms with Gasteiger partial charge in [0.25, 0.3) is 0 Å². The lowest BCUT2D eigenvalue weighted by Crippen LogP contribution is -2.49. The second-order valence-corrected chi connectivity index (χ2v) is 10.9. The molecule has 0 radical (unpaired) electrons. The monoisotopic (exact) mass is 501 g/mol. The van der Waals surface area contributed by atoms with Gasteiger partial charge in [-0.25, -0.2) is 12.7 Å². The third kappa shape index (κ3) is 8.47. The van der Waals surface area contributed by atoms with Gasteiger partial charge in [0.15, 0.2) is 0 Å². The lowest BCUT2D eigenvalue weighted by atomic mass is 10.1. The van der Waals surface area contributed by atoms with E-state index in [2.05, 4.69) is 12.2 Å². The summed E-state index contributed by atoms with van der Waals surface area (Å²) in [7, 11) is -2.09. The summed E-state index contributed by atoms with van der Waals surface area (Å²) in [5.74, 6) is -0.305. The van der Waals surface area contributed by atoms with Crippen molar-refractivity contribution in [3.63, 3.8) is 0 Å². The zero-order valence-electron chi connectivity index (χ0n) is 21.4. The van der Waals surface area contributed by atoms with E-state index < -0.39 is 16.1 Å². The van der Waals surface area contributed by atoms with Crippen LogP contribution in [0.4, 0.5) is 0 Å². The van der Waals surface area contributed by atoms with E-state index in [0.29, 0.717) is 25.9 Å². The minimum Gasteiger partial charge on any atom is -0.354 e. The van der Waals surface area contributed by atoms with Crippen LogP contribution in [0.2, 0.25) is 0 Å². The molecule has 0 aliphatic rings. The van der Waals surface area contributed by atoms with Gasteiger partial charge in [-0.15, -0.1) is 0 Å². The van der Waals surface area contributed by atoms with Gasteiger partial charge >= 0.3 is 0 Å². The summed E-state index contributed by atoms with van der Waals surface area (Å²) in [5.41, 5.74) is 2.05. The largest absolute Gasteiger partial charge is 0.354 e. The summed E-state index contributed by atoms with van der Waals surface area (Å²) in [4.78, 5) is 28.1. The average Bonchev–Trinajstić information content (AvgIpc) is 2.84. The first-order chi connectivity index (χ1) is 16.7. The van der Waals surface area contributed by atoms with Crippen LogP contribution >= 0.6 is 0 Å². The summed E-state index contributed by atoms with van der Waals surface area (Å²) in [6.07, 6.45) is 2.87. The summed E-state index contributed by atoms with van der Waals surface area (Å²) < 4.78 is 26.8. The predicted molar refractivity (Wildman–Crippen MR) is 139 cm³/mol. The van der Waals surface area contributed by atoms with Crippen molar-refractivity contribution in [1.82, 2.24) is 14.5 Å². The van der Waals surface area contributed by atoms with Gasteiger partial charge in [0.05, 0.1) is 4.90 Å². The van der Waals surface area contributed by atoms with Crippen LogP contribution in [0.15, 0.2) is 59.5 Å². The molecule has 7 nitrogen and oxygen atoms in total. The number of hydrogen-bond acceptors (Lipinski definition) is 4. The van der Waals surface area contributed by atoms with E-state index in [4.69, 9.17) is 0 Å². The Hall–Kier alpha value is -2.71. The summed E-state index contributed by atoms with van der Waals surface area (Å²) in [6.45, 7) is 7.08. The molecule has 0 bridgehead atoms. The van der Waals surface area contributed by atoms with Crippen LogP contribution in [0.3, 0.4) is 0 Å². The Bertz CT molecular complexity index is 1060. The van der Waals surface area contributed by atoms with Crippen LogP contribution in [0, 0.1) is 6.92 Å². The van der Waals surface area contributed by atoms with Crippen LogP contribution in [0.5, 0.6) is 0 Å². The van der Waals surface area contributed by atoms with Crippen molar-refractivity contribution in [3.05, 3.63) is 65.7 Å². The second kappa shape index (κ2) is 14.0. The fourth-order valence-electron chi connectivity index (χ4n) is 3.92. The highest BCUT2D eigenvalue weighted by atomic mass is 32.2.